The van der Waals surface area contributed by atoms with Crippen LogP contribution in [-0.2, 0) is 12.8 Å². The van der Waals surface area contributed by atoms with Crippen LogP contribution in [0.5, 0.6) is 0 Å². The Morgan fingerprint density at radius 2 is 1.90 bits per heavy atom. The highest BCUT2D eigenvalue weighted by atomic mass is 15.3. The average molecular weight is 270 g/mol. The molecule has 0 spiro atoms. The van der Waals surface area contributed by atoms with Crippen LogP contribution < -0.4 is 4.90 Å². The molecule has 2 aliphatic rings. The van der Waals surface area contributed by atoms with Gasteiger partial charge >= 0.3 is 0 Å². The minimum absolute atomic E-state index is 0.592. The van der Waals surface area contributed by atoms with Gasteiger partial charge in [-0.25, -0.2) is 0 Å². The summed E-state index contributed by atoms with van der Waals surface area (Å²) in [5.41, 5.74) is 2.85. The van der Waals surface area contributed by atoms with Crippen molar-refractivity contribution in [2.45, 2.75) is 58.4 Å². The van der Waals surface area contributed by atoms with Gasteiger partial charge in [-0.05, 0) is 50.0 Å². The van der Waals surface area contributed by atoms with Gasteiger partial charge in [0.2, 0.25) is 0 Å². The second-order valence-corrected chi connectivity index (χ2v) is 5.97. The Hall–Kier alpha value is -1.63. The van der Waals surface area contributed by atoms with Crippen molar-refractivity contribution < 1.29 is 0 Å². The zero-order valence-corrected chi connectivity index (χ0v) is 12.4. The van der Waals surface area contributed by atoms with Crippen molar-refractivity contribution in [2.75, 3.05) is 11.4 Å². The number of aromatic nitrogens is 2. The van der Waals surface area contributed by atoms with Gasteiger partial charge in [0, 0.05) is 12.6 Å². The van der Waals surface area contributed by atoms with Crippen molar-refractivity contribution in [1.82, 2.24) is 10.2 Å². The zero-order chi connectivity index (χ0) is 14.1. The van der Waals surface area contributed by atoms with Crippen LogP contribution in [0.25, 0.3) is 0 Å². The van der Waals surface area contributed by atoms with Crippen molar-refractivity contribution in [3.05, 3.63) is 16.8 Å². The fourth-order valence-electron chi connectivity index (χ4n) is 2.85. The van der Waals surface area contributed by atoms with Gasteiger partial charge in [-0.2, -0.15) is 10.4 Å². The molecule has 20 heavy (non-hydrogen) atoms. The predicted molar refractivity (Wildman–Crippen MR) is 78.6 cm³/mol. The van der Waals surface area contributed by atoms with Gasteiger partial charge in [0.1, 0.15) is 11.6 Å². The molecule has 0 unspecified atom stereocenters. The minimum Gasteiger partial charge on any atom is -0.351 e. The third-order valence-corrected chi connectivity index (χ3v) is 4.35. The summed E-state index contributed by atoms with van der Waals surface area (Å²) in [6.45, 7) is 5.23. The highest BCUT2D eigenvalue weighted by Crippen LogP contribution is 2.38. The summed E-state index contributed by atoms with van der Waals surface area (Å²) in [6, 6.07) is 2.99. The molecule has 0 radical (unpaired) electrons. The summed E-state index contributed by atoms with van der Waals surface area (Å²) in [7, 11) is 0. The molecule has 1 aromatic heterocycles. The van der Waals surface area contributed by atoms with E-state index in [2.05, 4.69) is 35.0 Å². The first kappa shape index (κ1) is 13.4. The highest BCUT2D eigenvalue weighted by molar-refractivity contribution is 5.59. The molecule has 2 saturated carbocycles. The molecule has 106 valence electrons. The van der Waals surface area contributed by atoms with Gasteiger partial charge < -0.3 is 4.90 Å². The molecule has 4 nitrogen and oxygen atoms in total. The van der Waals surface area contributed by atoms with E-state index in [0.717, 1.165) is 47.9 Å². The molecule has 0 atom stereocenters. The van der Waals surface area contributed by atoms with Gasteiger partial charge in [-0.3, -0.25) is 0 Å². The number of aryl methyl sites for hydroxylation is 1. The van der Waals surface area contributed by atoms with E-state index in [1.807, 2.05) is 0 Å². The van der Waals surface area contributed by atoms with Crippen LogP contribution in [0.15, 0.2) is 0 Å². The molecule has 1 heterocycles. The van der Waals surface area contributed by atoms with Crippen LogP contribution in [0.1, 0.15) is 56.4 Å². The zero-order valence-electron chi connectivity index (χ0n) is 12.4. The van der Waals surface area contributed by atoms with Crippen LogP contribution in [0.4, 0.5) is 5.82 Å². The third-order valence-electron chi connectivity index (χ3n) is 4.35. The first-order valence-electron chi connectivity index (χ1n) is 7.83. The molecular formula is C16H22N4. The van der Waals surface area contributed by atoms with Crippen LogP contribution in [0.3, 0.4) is 0 Å². The Morgan fingerprint density at radius 1 is 1.15 bits per heavy atom. The summed E-state index contributed by atoms with van der Waals surface area (Å²) in [4.78, 5) is 2.36. The van der Waals surface area contributed by atoms with Crippen LogP contribution in [0, 0.1) is 17.2 Å². The van der Waals surface area contributed by atoms with Crippen molar-refractivity contribution in [3.63, 3.8) is 0 Å². The van der Waals surface area contributed by atoms with Crippen molar-refractivity contribution in [3.8, 4) is 6.07 Å². The average Bonchev–Trinajstić information content (AvgIpc) is 3.36. The Balaban J connectivity index is 2.00. The van der Waals surface area contributed by atoms with Crippen LogP contribution in [-0.4, -0.2) is 22.8 Å². The number of nitrogens with zero attached hydrogens (tertiary/aromatic N) is 4. The quantitative estimate of drug-likeness (QED) is 0.797. The summed E-state index contributed by atoms with van der Waals surface area (Å²) in [6.07, 6.45) is 6.82. The minimum atomic E-state index is 0.592. The van der Waals surface area contributed by atoms with E-state index in [0.29, 0.717) is 6.04 Å². The lowest BCUT2D eigenvalue weighted by Crippen LogP contribution is -2.30. The maximum Gasteiger partial charge on any atom is 0.169 e. The summed E-state index contributed by atoms with van der Waals surface area (Å²) in [5.74, 6) is 1.65. The Kier molecular flexibility index (Phi) is 3.60. The standard InChI is InChI=1S/C16H22N4/c1-3-13-14(9-17)16(19-18-15(13)4-2)20(12-7-8-12)10-11-5-6-11/h11-12H,3-8,10H2,1-2H3. The number of anilines is 1. The molecule has 4 heteroatoms. The normalized spacial score (nSPS) is 17.9. The van der Waals surface area contributed by atoms with E-state index in [9.17, 15) is 5.26 Å². The first-order chi connectivity index (χ1) is 9.78. The van der Waals surface area contributed by atoms with E-state index < -0.39 is 0 Å². The molecule has 3 rings (SSSR count). The Morgan fingerprint density at radius 3 is 2.40 bits per heavy atom. The summed E-state index contributed by atoms with van der Waals surface area (Å²) in [5, 5.41) is 18.4. The molecule has 0 N–H and O–H groups in total. The predicted octanol–water partition coefficient (Wildman–Crippen LogP) is 2.85. The second-order valence-electron chi connectivity index (χ2n) is 5.97. The molecule has 2 fully saturated rings. The summed E-state index contributed by atoms with van der Waals surface area (Å²) >= 11 is 0. The van der Waals surface area contributed by atoms with E-state index in [4.69, 9.17) is 0 Å². The maximum atomic E-state index is 9.61. The monoisotopic (exact) mass is 270 g/mol. The van der Waals surface area contributed by atoms with Crippen molar-refractivity contribution in [2.24, 2.45) is 5.92 Å². The lowest BCUT2D eigenvalue weighted by Gasteiger charge is -2.25. The molecule has 0 aromatic carbocycles. The molecule has 0 bridgehead atoms. The molecule has 0 saturated heterocycles. The van der Waals surface area contributed by atoms with E-state index in [-0.39, 0.29) is 0 Å². The van der Waals surface area contributed by atoms with Crippen LogP contribution in [0.2, 0.25) is 0 Å². The van der Waals surface area contributed by atoms with Crippen molar-refractivity contribution >= 4 is 5.82 Å². The Bertz CT molecular complexity index is 538. The van der Waals surface area contributed by atoms with E-state index in [1.165, 1.54) is 25.7 Å². The van der Waals surface area contributed by atoms with Gasteiger partial charge in [-0.15, -0.1) is 5.10 Å². The SMILES string of the molecule is CCc1nnc(N(CC2CC2)C2CC2)c(C#N)c1CC. The Labute approximate surface area is 120 Å². The van der Waals surface area contributed by atoms with Gasteiger partial charge in [0.25, 0.3) is 0 Å². The van der Waals surface area contributed by atoms with Gasteiger partial charge in [-0.1, -0.05) is 13.8 Å². The molecule has 0 amide bonds. The maximum absolute atomic E-state index is 9.61. The largest absolute Gasteiger partial charge is 0.351 e. The number of hydrogen-bond donors (Lipinski definition) is 0. The second kappa shape index (κ2) is 5.40. The fraction of sp³-hybridized carbons (Fsp3) is 0.688. The topological polar surface area (TPSA) is 52.8 Å². The summed E-state index contributed by atoms with van der Waals surface area (Å²) < 4.78 is 0. The number of hydrogen-bond acceptors (Lipinski definition) is 4. The number of nitriles is 1. The molecular weight excluding hydrogens is 248 g/mol. The van der Waals surface area contributed by atoms with Crippen molar-refractivity contribution in [1.29, 1.82) is 5.26 Å². The van der Waals surface area contributed by atoms with Crippen LogP contribution >= 0.6 is 0 Å². The number of rotatable bonds is 6. The smallest absolute Gasteiger partial charge is 0.169 e. The molecule has 1 aromatic rings. The molecule has 0 aliphatic heterocycles. The van der Waals surface area contributed by atoms with E-state index in [1.54, 1.807) is 0 Å². The molecule has 2 aliphatic carbocycles. The lowest BCUT2D eigenvalue weighted by molar-refractivity contribution is 0.695. The van der Waals surface area contributed by atoms with Gasteiger partial charge in [0.05, 0.1) is 5.69 Å². The van der Waals surface area contributed by atoms with E-state index >= 15 is 0 Å². The van der Waals surface area contributed by atoms with Gasteiger partial charge in [0.15, 0.2) is 5.82 Å². The lowest BCUT2D eigenvalue weighted by atomic mass is 10.0. The third kappa shape index (κ3) is 2.49. The first-order valence-corrected chi connectivity index (χ1v) is 7.83. The highest BCUT2D eigenvalue weighted by Gasteiger charge is 2.36. The fourth-order valence-corrected chi connectivity index (χ4v) is 2.85.